The molecule has 26 atom stereocenters. The molecule has 11 N–H and O–H groups in total. The fourth-order valence-electron chi connectivity index (χ4n) is 15.8. The summed E-state index contributed by atoms with van der Waals surface area (Å²) in [5.41, 5.74) is -2.28. The Morgan fingerprint density at radius 1 is 0.606 bits per heavy atom. The fraction of sp³-hybridized carbons (Fsp3) is 0.958. The van der Waals surface area contributed by atoms with E-state index in [1.807, 2.05) is 6.92 Å². The van der Waals surface area contributed by atoms with Gasteiger partial charge in [-0.05, 0) is 86.4 Å². The molecule has 4 saturated carbocycles. The van der Waals surface area contributed by atoms with Crippen molar-refractivity contribution in [1.82, 2.24) is 0 Å². The summed E-state index contributed by atoms with van der Waals surface area (Å²) in [7, 11) is 0. The van der Waals surface area contributed by atoms with E-state index in [1.54, 1.807) is 6.92 Å². The Balaban J connectivity index is 0.953. The first kappa shape index (κ1) is 50.0. The van der Waals surface area contributed by atoms with Crippen LogP contribution in [0.4, 0.5) is 0 Å². The van der Waals surface area contributed by atoms with E-state index in [9.17, 15) is 56.2 Å². The third-order valence-corrected chi connectivity index (χ3v) is 20.0. The molecule has 66 heavy (non-hydrogen) atoms. The molecule has 9 rings (SSSR count). The molecule has 4 heterocycles. The van der Waals surface area contributed by atoms with Gasteiger partial charge in [-0.15, -0.1) is 0 Å². The molecule has 0 aromatic carbocycles. The monoisotopic (exact) mass is 943 g/mol. The van der Waals surface area contributed by atoms with Crippen molar-refractivity contribution in [2.75, 3.05) is 26.4 Å². The molecule has 0 amide bonds. The maximum Gasteiger partial charge on any atom is 0.187 e. The Labute approximate surface area is 387 Å². The molecule has 4 aliphatic heterocycles. The lowest BCUT2D eigenvalue weighted by Crippen LogP contribution is -2.72. The molecule has 26 unspecified atom stereocenters. The maximum absolute atomic E-state index is 12.2. The van der Waals surface area contributed by atoms with E-state index in [4.69, 9.17) is 33.2 Å². The highest BCUT2D eigenvalue weighted by Crippen LogP contribution is 2.79. The van der Waals surface area contributed by atoms with Crippen LogP contribution in [0.1, 0.15) is 99.8 Å². The van der Waals surface area contributed by atoms with Gasteiger partial charge in [0.15, 0.2) is 18.9 Å². The van der Waals surface area contributed by atoms with Gasteiger partial charge in [-0.3, -0.25) is 0 Å². The van der Waals surface area contributed by atoms with Crippen molar-refractivity contribution in [3.8, 4) is 0 Å². The van der Waals surface area contributed by atoms with Crippen LogP contribution in [0.15, 0.2) is 12.2 Å². The number of fused-ring (bicyclic) bond motifs is 4. The quantitative estimate of drug-likeness (QED) is 0.104. The number of ether oxygens (including phenoxy) is 7. The maximum atomic E-state index is 12.2. The van der Waals surface area contributed by atoms with Gasteiger partial charge in [0.05, 0.1) is 50.3 Å². The Morgan fingerprint density at radius 2 is 1.24 bits per heavy atom. The highest BCUT2D eigenvalue weighted by Gasteiger charge is 2.79. The summed E-state index contributed by atoms with van der Waals surface area (Å²) in [6.45, 7) is 14.2. The van der Waals surface area contributed by atoms with Crippen molar-refractivity contribution >= 4 is 0 Å². The fourth-order valence-corrected chi connectivity index (χ4v) is 15.8. The van der Waals surface area contributed by atoms with Crippen molar-refractivity contribution < 1.29 is 89.3 Å². The summed E-state index contributed by atoms with van der Waals surface area (Å²) in [6.07, 6.45) is -14.0. The third kappa shape index (κ3) is 7.01. The highest BCUT2D eigenvalue weighted by molar-refractivity contribution is 5.36. The number of aliphatic hydroxyl groups excluding tert-OH is 11. The van der Waals surface area contributed by atoms with Gasteiger partial charge in [0.1, 0.15) is 67.1 Å². The van der Waals surface area contributed by atoms with Crippen LogP contribution in [-0.4, -0.2) is 193 Å². The molecule has 18 heteroatoms. The second-order valence-corrected chi connectivity index (χ2v) is 23.8. The zero-order valence-electron chi connectivity index (χ0n) is 39.5. The summed E-state index contributed by atoms with van der Waals surface area (Å²) in [5.74, 6) is 0.277. The zero-order chi connectivity index (χ0) is 47.9. The molecule has 0 radical (unpaired) electrons. The predicted molar refractivity (Wildman–Crippen MR) is 229 cm³/mol. The Hall–Kier alpha value is -0.980. The second kappa shape index (κ2) is 17.1. The number of hydrogen-bond donors (Lipinski definition) is 11. The van der Waals surface area contributed by atoms with Gasteiger partial charge in [-0.1, -0.05) is 53.7 Å². The van der Waals surface area contributed by atoms with E-state index in [0.717, 1.165) is 38.5 Å². The Bertz CT molecular complexity index is 1800. The van der Waals surface area contributed by atoms with Gasteiger partial charge in [-0.25, -0.2) is 0 Å². The number of hydrogen-bond acceptors (Lipinski definition) is 18. The summed E-state index contributed by atoms with van der Waals surface area (Å²) >= 11 is 0. The molecular formula is C48H78O18. The van der Waals surface area contributed by atoms with E-state index in [1.165, 1.54) is 0 Å². The van der Waals surface area contributed by atoms with E-state index in [0.29, 0.717) is 19.4 Å². The van der Waals surface area contributed by atoms with Gasteiger partial charge < -0.3 is 89.3 Å². The van der Waals surface area contributed by atoms with E-state index < -0.39 is 129 Å². The smallest absolute Gasteiger partial charge is 0.187 e. The summed E-state index contributed by atoms with van der Waals surface area (Å²) in [4.78, 5) is 0. The SMILES string of the molecule is CC1OC(OC2CCC3(C)C(CCC4(C)C3C=CC35OCC6(CCC(C)(C)CC63)C(O)CC45C)C2(C)CO)C(O)C(OC2OC(CO)C(O)C(O)C2OC2OC(CO)C(O)C(O)C2O)C1O. The first-order valence-electron chi connectivity index (χ1n) is 24.5. The summed E-state index contributed by atoms with van der Waals surface area (Å²) in [5, 5.41) is 120. The molecule has 4 saturated heterocycles. The summed E-state index contributed by atoms with van der Waals surface area (Å²) in [6, 6.07) is 0. The van der Waals surface area contributed by atoms with Crippen LogP contribution < -0.4 is 0 Å². The molecule has 18 nitrogen and oxygen atoms in total. The van der Waals surface area contributed by atoms with Crippen LogP contribution in [0.25, 0.3) is 0 Å². The molecule has 2 bridgehead atoms. The molecule has 1 spiro atoms. The topological polar surface area (TPSA) is 287 Å². The molecule has 8 fully saturated rings. The number of allylic oxidation sites excluding steroid dienone is 1. The van der Waals surface area contributed by atoms with Crippen LogP contribution in [0.3, 0.4) is 0 Å². The Kier molecular flexibility index (Phi) is 12.9. The van der Waals surface area contributed by atoms with Crippen molar-refractivity contribution in [2.45, 2.75) is 210 Å². The first-order chi connectivity index (χ1) is 30.9. The second-order valence-electron chi connectivity index (χ2n) is 23.8. The molecule has 9 aliphatic rings. The van der Waals surface area contributed by atoms with E-state index in [2.05, 4.69) is 46.8 Å². The van der Waals surface area contributed by atoms with E-state index in [-0.39, 0.29) is 51.4 Å². The van der Waals surface area contributed by atoms with Crippen molar-refractivity contribution in [1.29, 1.82) is 0 Å². The van der Waals surface area contributed by atoms with Crippen molar-refractivity contribution in [2.24, 2.45) is 50.2 Å². The lowest BCUT2D eigenvalue weighted by molar-refractivity contribution is -0.391. The minimum Gasteiger partial charge on any atom is -0.396 e. The van der Waals surface area contributed by atoms with E-state index >= 15 is 0 Å². The number of aliphatic hydroxyl groups is 11. The normalized spacial score (nSPS) is 58.8. The summed E-state index contributed by atoms with van der Waals surface area (Å²) < 4.78 is 43.3. The van der Waals surface area contributed by atoms with Crippen LogP contribution in [0, 0.1) is 50.2 Å². The largest absolute Gasteiger partial charge is 0.396 e. The lowest BCUT2D eigenvalue weighted by atomic mass is 9.32. The third-order valence-electron chi connectivity index (χ3n) is 20.0. The number of rotatable bonds is 9. The average Bonchev–Trinajstić information content (AvgIpc) is 3.55. The molecule has 5 aliphatic carbocycles. The molecule has 0 aromatic heterocycles. The lowest BCUT2D eigenvalue weighted by Gasteiger charge is -2.73. The predicted octanol–water partition coefficient (Wildman–Crippen LogP) is -0.399. The van der Waals surface area contributed by atoms with Gasteiger partial charge in [0.25, 0.3) is 0 Å². The minimum absolute atomic E-state index is 0.0325. The van der Waals surface area contributed by atoms with Gasteiger partial charge in [0, 0.05) is 22.2 Å². The molecule has 378 valence electrons. The standard InChI is InChI=1S/C48H78O18/c1-22-30(53)37(65-41-38(34(57)32(55)24(19-50)63-41)66-39-35(58)33(56)31(54)23(18-49)62-39)36(59)40(61-22)64-29-10-11-43(4)25(44(29,5)20-51)8-12-45(6)26(43)9-13-48-27-16-42(2,3)14-15-47(27,21-60-48)28(52)17-46(45,48)7/h9,13,22-41,49-59H,8,10-12,14-21H2,1-7H3. The van der Waals surface area contributed by atoms with Crippen LogP contribution in [0.5, 0.6) is 0 Å². The van der Waals surface area contributed by atoms with Crippen LogP contribution in [-0.2, 0) is 33.2 Å². The molecular weight excluding hydrogens is 865 g/mol. The minimum atomic E-state index is -1.90. The van der Waals surface area contributed by atoms with Crippen LogP contribution >= 0.6 is 0 Å². The zero-order valence-corrected chi connectivity index (χ0v) is 39.5. The first-order valence-corrected chi connectivity index (χ1v) is 24.5. The van der Waals surface area contributed by atoms with Gasteiger partial charge in [-0.2, -0.15) is 0 Å². The van der Waals surface area contributed by atoms with Gasteiger partial charge in [0.2, 0.25) is 0 Å². The average molecular weight is 943 g/mol. The van der Waals surface area contributed by atoms with Crippen molar-refractivity contribution in [3.63, 3.8) is 0 Å². The highest BCUT2D eigenvalue weighted by atomic mass is 16.8. The van der Waals surface area contributed by atoms with Crippen LogP contribution in [0.2, 0.25) is 0 Å². The van der Waals surface area contributed by atoms with Crippen molar-refractivity contribution in [3.05, 3.63) is 12.2 Å². The molecule has 0 aromatic rings. The Morgan fingerprint density at radius 3 is 1.91 bits per heavy atom. The van der Waals surface area contributed by atoms with Gasteiger partial charge >= 0.3 is 0 Å².